The Kier molecular flexibility index (Phi) is 58.9. The lowest BCUT2D eigenvalue weighted by molar-refractivity contribution is -0.389. The summed E-state index contributed by atoms with van der Waals surface area (Å²) in [5.74, 6) is -2.72. The van der Waals surface area contributed by atoms with Gasteiger partial charge in [-0.15, -0.1) is 0 Å². The smallest absolute Gasteiger partial charge is 0.327 e. The van der Waals surface area contributed by atoms with Gasteiger partial charge < -0.3 is 159 Å². The highest BCUT2D eigenvalue weighted by molar-refractivity contribution is 7.52. The average Bonchev–Trinajstić information content (AvgIpc) is 0.766. The van der Waals surface area contributed by atoms with Crippen molar-refractivity contribution in [1.29, 1.82) is 0 Å². The summed E-state index contributed by atoms with van der Waals surface area (Å²) in [7, 11) is -1.95. The number of allylic oxidation sites excluding steroid dienone is 4. The molecule has 5 heterocycles. The average molecular weight is 1840 g/mol. The molecule has 0 radical (unpaired) electrons. The third-order valence-corrected chi connectivity index (χ3v) is 23.6. The van der Waals surface area contributed by atoms with E-state index >= 15 is 0 Å². The predicted octanol–water partition coefficient (Wildman–Crippen LogP) is 2.59. The Morgan fingerprint density at radius 1 is 0.405 bits per heavy atom. The van der Waals surface area contributed by atoms with E-state index in [9.17, 15) is 99.7 Å². The maximum absolute atomic E-state index is 12.8. The fourth-order valence-electron chi connectivity index (χ4n) is 14.9. The van der Waals surface area contributed by atoms with Crippen LogP contribution >= 0.6 is 7.60 Å². The number of ether oxygens (including phenoxy) is 12. The molecule has 0 saturated carbocycles. The number of esters is 2. The second-order valence-electron chi connectivity index (χ2n) is 33.0. The molecular formula is C86H155N4O35P. The molecule has 0 bridgehead atoms. The van der Waals surface area contributed by atoms with Gasteiger partial charge >= 0.3 is 19.5 Å². The number of hydrogen-bond donors (Lipinski definition) is 18. The van der Waals surface area contributed by atoms with E-state index in [0.29, 0.717) is 25.7 Å². The van der Waals surface area contributed by atoms with Gasteiger partial charge in [0, 0.05) is 66.4 Å². The molecule has 5 aliphatic rings. The number of aliphatic hydroxyl groups excluding tert-OH is 14. The molecule has 0 aromatic carbocycles. The summed E-state index contributed by atoms with van der Waals surface area (Å²) in [4.78, 5) is 74.1. The molecule has 734 valence electrons. The van der Waals surface area contributed by atoms with Crippen molar-refractivity contribution >= 4 is 43.2 Å². The van der Waals surface area contributed by atoms with Crippen molar-refractivity contribution < 1.29 is 171 Å². The number of nitrogens with one attached hydrogen (secondary N) is 4. The van der Waals surface area contributed by atoms with Crippen LogP contribution in [0.1, 0.15) is 247 Å². The molecule has 0 aromatic rings. The summed E-state index contributed by atoms with van der Waals surface area (Å²) in [6, 6.07) is -3.18. The molecule has 5 aliphatic heterocycles. The summed E-state index contributed by atoms with van der Waals surface area (Å²) in [6.07, 6.45) is 0.100. The van der Waals surface area contributed by atoms with Crippen LogP contribution in [-0.2, 0) is 99.2 Å². The van der Waals surface area contributed by atoms with E-state index < -0.39 is 205 Å². The van der Waals surface area contributed by atoms with E-state index in [1.807, 2.05) is 0 Å². The molecule has 18 N–H and O–H groups in total. The van der Waals surface area contributed by atoms with Crippen molar-refractivity contribution in [3.8, 4) is 0 Å². The van der Waals surface area contributed by atoms with Gasteiger partial charge in [-0.05, 0) is 90.4 Å². The Bertz CT molecular complexity index is 3070. The minimum Gasteiger partial charge on any atom is -0.462 e. The SMILES string of the molecule is CC(=O)NC1[C@H](OCCCNC(=O)CCCCC(=O)NCCO)OC(CO)[C@@H](O[C@@H]2OC(CO)[C@H](O)[C@H](O[C@@H]3OC(CO)[C@@H](O)[C@H](O[C@@H]4OC(CO)[C@H](O)[C@H](O)C4O[C@@H]4OC(C)[C@@H](O)[C@H](O)C4O)C3NC(C)=O)C2O)[C@@H]1O.CCCCCCCCC=CCCCCCCCC(=O)OC[C@H](COP(C)(=O)OC)OC(=O)CCCCCCC/C=C\CCCCCCCC. The summed E-state index contributed by atoms with van der Waals surface area (Å²) >= 11 is 0. The molecule has 27 atom stereocenters. The van der Waals surface area contributed by atoms with E-state index in [0.717, 1.165) is 71.6 Å². The maximum atomic E-state index is 12.8. The summed E-state index contributed by atoms with van der Waals surface area (Å²) < 4.78 is 92.0. The van der Waals surface area contributed by atoms with Crippen molar-refractivity contribution in [2.45, 2.75) is 406 Å². The Hall–Kier alpha value is -4.51. The molecule has 5 saturated heterocycles. The molecule has 0 aliphatic carbocycles. The van der Waals surface area contributed by atoms with E-state index in [-0.39, 0.29) is 82.5 Å². The van der Waals surface area contributed by atoms with Crippen LogP contribution in [-0.4, -0.2) is 346 Å². The van der Waals surface area contributed by atoms with Gasteiger partial charge in [-0.1, -0.05) is 141 Å². The minimum atomic E-state index is -3.26. The predicted molar refractivity (Wildman–Crippen MR) is 454 cm³/mol. The molecule has 0 aromatic heterocycles. The zero-order valence-corrected chi connectivity index (χ0v) is 75.9. The molecular weight excluding hydrogens is 1680 g/mol. The van der Waals surface area contributed by atoms with Crippen LogP contribution in [0, 0.1) is 0 Å². The van der Waals surface area contributed by atoms with Crippen LogP contribution in [0.25, 0.3) is 0 Å². The van der Waals surface area contributed by atoms with Crippen LogP contribution in [0.3, 0.4) is 0 Å². The third-order valence-electron chi connectivity index (χ3n) is 22.3. The monoisotopic (exact) mass is 1840 g/mol. The highest BCUT2D eigenvalue weighted by Crippen LogP contribution is 2.43. The first-order valence-electron chi connectivity index (χ1n) is 45.6. The summed E-state index contributed by atoms with van der Waals surface area (Å²) in [5, 5.41) is 160. The zero-order valence-electron chi connectivity index (χ0n) is 75.0. The second kappa shape index (κ2) is 65.2. The van der Waals surface area contributed by atoms with Crippen molar-refractivity contribution in [1.82, 2.24) is 21.3 Å². The van der Waals surface area contributed by atoms with Crippen LogP contribution in [0.5, 0.6) is 0 Å². The summed E-state index contributed by atoms with van der Waals surface area (Å²) in [5.41, 5.74) is 0. The topological polar surface area (TPSA) is 580 Å². The van der Waals surface area contributed by atoms with Gasteiger partial charge in [0.25, 0.3) is 0 Å². The van der Waals surface area contributed by atoms with Gasteiger partial charge in [-0.2, -0.15) is 0 Å². The largest absolute Gasteiger partial charge is 0.462 e. The number of rotatable bonds is 63. The Morgan fingerprint density at radius 2 is 0.833 bits per heavy atom. The van der Waals surface area contributed by atoms with Crippen LogP contribution in [0.2, 0.25) is 0 Å². The van der Waals surface area contributed by atoms with Crippen molar-refractivity contribution in [2.24, 2.45) is 0 Å². The maximum Gasteiger partial charge on any atom is 0.327 e. The first-order chi connectivity index (χ1) is 60.4. The molecule has 0 spiro atoms. The Morgan fingerprint density at radius 3 is 1.35 bits per heavy atom. The van der Waals surface area contributed by atoms with Gasteiger partial charge in [-0.3, -0.25) is 33.3 Å². The first kappa shape index (κ1) is 114. The number of unbranched alkanes of at least 4 members (excludes halogenated alkanes) is 23. The standard InChI is InChI=1S/C45H78N4O28.C41H77O7P/c1-17-28(59)33(64)35(66)43(69-17)77-40-34(65)29(60)20(13-51)72-45(40)75-38-27(49-19(3)56)42(70-21(14-52)30(38)61)76-39-31(62)22(15-53)71-44(36(39)67)74-37-23(16-54)73-41(26(32(37)63)48-18(2)55)68-12-6-9-46-24(57)7-4-5-8-25(58)47-10-11-50;1-5-7-9-11-13-15-17-19-21-23-25-27-29-31-33-35-40(42)46-37-39(38-47-49(4,44)45-3)48-41(43)36-34-32-30-28-26-24-22-20-18-16-14-12-10-8-6-2/h17,20-23,26-45,50-54,59-67H,4-16H2,1-3H3,(H,46,57)(H,47,58)(H,48,55)(H,49,56);19-22,39H,5-18,23-38H2,1-4H3/b;21-19?,22-20-/t17?,20?,21?,22?,23?,26?,27?,28-,29+,30-,31+,32-,33+,34+,35?,36?,37-,38-,39+,40?,41-,42+,43+,44+,45+;39-,49?/m11/s1. The molecule has 5 fully saturated rings. The molecule has 4 amide bonds. The number of carbonyl (C=O) groups is 6. The second-order valence-corrected chi connectivity index (χ2v) is 35.1. The van der Waals surface area contributed by atoms with Crippen molar-refractivity contribution in [3.05, 3.63) is 24.3 Å². The van der Waals surface area contributed by atoms with Gasteiger partial charge in [-0.25, -0.2) is 0 Å². The Balaban J connectivity index is 0.000000587. The number of amides is 4. The minimum absolute atomic E-state index is 0.100. The lowest BCUT2D eigenvalue weighted by atomic mass is 9.94. The molecule has 39 nitrogen and oxygen atoms in total. The lowest BCUT2D eigenvalue weighted by Gasteiger charge is -2.51. The van der Waals surface area contributed by atoms with Crippen LogP contribution in [0.4, 0.5) is 0 Å². The third kappa shape index (κ3) is 42.6. The van der Waals surface area contributed by atoms with Crippen molar-refractivity contribution in [2.75, 3.05) is 79.7 Å². The van der Waals surface area contributed by atoms with E-state index in [2.05, 4.69) is 59.4 Å². The summed E-state index contributed by atoms with van der Waals surface area (Å²) in [6.45, 7) is 5.28. The Labute approximate surface area is 742 Å². The lowest BCUT2D eigenvalue weighted by Crippen LogP contribution is -2.70. The normalized spacial score (nSPS) is 30.7. The molecule has 40 heteroatoms. The fraction of sp³-hybridized carbons (Fsp3) is 0.884. The highest BCUT2D eigenvalue weighted by Gasteiger charge is 2.58. The van der Waals surface area contributed by atoms with Crippen molar-refractivity contribution in [3.63, 3.8) is 0 Å². The molecule has 5 rings (SSSR count). The zero-order chi connectivity index (χ0) is 92.9. The number of carbonyl (C=O) groups excluding carboxylic acids is 6. The van der Waals surface area contributed by atoms with Crippen LogP contribution in [0.15, 0.2) is 24.3 Å². The van der Waals surface area contributed by atoms with Gasteiger partial charge in [0.2, 0.25) is 23.6 Å². The molecule has 11 unspecified atom stereocenters. The molecule has 126 heavy (non-hydrogen) atoms. The fourth-order valence-corrected chi connectivity index (χ4v) is 15.4. The van der Waals surface area contributed by atoms with E-state index in [4.69, 9.17) is 71.0 Å². The number of aliphatic hydroxyl groups is 14. The highest BCUT2D eigenvalue weighted by atomic mass is 31.2. The van der Waals surface area contributed by atoms with Crippen LogP contribution < -0.4 is 21.3 Å². The van der Waals surface area contributed by atoms with E-state index in [1.54, 1.807) is 0 Å². The van der Waals surface area contributed by atoms with Gasteiger partial charge in [0.1, 0.15) is 122 Å². The van der Waals surface area contributed by atoms with E-state index in [1.165, 1.54) is 130 Å². The number of hydrogen-bond acceptors (Lipinski definition) is 35. The van der Waals surface area contributed by atoms with Gasteiger partial charge in [0.05, 0.1) is 52.4 Å². The quantitative estimate of drug-likeness (QED) is 0.0180. The first-order valence-corrected chi connectivity index (χ1v) is 47.6. The van der Waals surface area contributed by atoms with Gasteiger partial charge in [0.15, 0.2) is 37.6 Å².